The predicted octanol–water partition coefficient (Wildman–Crippen LogP) is 2.44. The van der Waals surface area contributed by atoms with Crippen molar-refractivity contribution in [3.63, 3.8) is 0 Å². The van der Waals surface area contributed by atoms with Gasteiger partial charge in [0.25, 0.3) is 0 Å². The van der Waals surface area contributed by atoms with Gasteiger partial charge in [-0.1, -0.05) is 0 Å². The number of rotatable bonds is 2. The summed E-state index contributed by atoms with van der Waals surface area (Å²) in [5.74, 6) is -0.403. The van der Waals surface area contributed by atoms with Crippen molar-refractivity contribution in [3.8, 4) is 5.75 Å². The Labute approximate surface area is 98.4 Å². The Kier molecular flexibility index (Phi) is 2.53. The Morgan fingerprint density at radius 1 is 1.47 bits per heavy atom. The van der Waals surface area contributed by atoms with E-state index >= 15 is 0 Å². The van der Waals surface area contributed by atoms with Crippen molar-refractivity contribution in [1.29, 1.82) is 0 Å². The molecule has 0 aromatic carbocycles. The van der Waals surface area contributed by atoms with E-state index in [0.717, 1.165) is 0 Å². The number of fused-ring (bicyclic) bond motifs is 1. The smallest absolute Gasteiger partial charge is 0.352 e. The molecule has 0 spiro atoms. The minimum Gasteiger partial charge on any atom is -0.486 e. The molecule has 0 bridgehead atoms. The number of aromatic amines is 1. The van der Waals surface area contributed by atoms with Crippen LogP contribution in [0.2, 0.25) is 0 Å². The van der Waals surface area contributed by atoms with Crippen molar-refractivity contribution in [2.75, 3.05) is 0 Å². The molecule has 17 heavy (non-hydrogen) atoms. The van der Waals surface area contributed by atoms with Gasteiger partial charge in [-0.15, -0.1) is 0 Å². The number of hydrogen-bond donors (Lipinski definition) is 2. The van der Waals surface area contributed by atoms with E-state index in [0.29, 0.717) is 16.8 Å². The molecule has 5 heteroatoms. The van der Waals surface area contributed by atoms with Crippen LogP contribution in [0.5, 0.6) is 5.75 Å². The molecule has 0 aliphatic carbocycles. The van der Waals surface area contributed by atoms with Crippen molar-refractivity contribution in [2.45, 2.75) is 26.4 Å². The zero-order chi connectivity index (χ0) is 12.6. The number of pyridine rings is 1. The van der Waals surface area contributed by atoms with Crippen molar-refractivity contribution >= 4 is 17.0 Å². The third-order valence-electron chi connectivity index (χ3n) is 2.13. The number of aromatic carboxylic acids is 1. The molecule has 2 heterocycles. The van der Waals surface area contributed by atoms with Crippen LogP contribution in [0.3, 0.4) is 0 Å². The molecule has 2 aromatic heterocycles. The molecule has 2 N–H and O–H groups in total. The zero-order valence-electron chi connectivity index (χ0n) is 9.94. The fourth-order valence-corrected chi connectivity index (χ4v) is 1.53. The van der Waals surface area contributed by atoms with Gasteiger partial charge in [-0.3, -0.25) is 4.98 Å². The summed E-state index contributed by atoms with van der Waals surface area (Å²) >= 11 is 0. The van der Waals surface area contributed by atoms with Gasteiger partial charge in [0, 0.05) is 12.3 Å². The van der Waals surface area contributed by atoms with E-state index in [1.165, 1.54) is 6.07 Å². The Morgan fingerprint density at radius 2 is 2.18 bits per heavy atom. The van der Waals surface area contributed by atoms with Gasteiger partial charge in [-0.25, -0.2) is 4.79 Å². The number of carboxylic acids is 1. The molecule has 0 radical (unpaired) electrons. The van der Waals surface area contributed by atoms with Gasteiger partial charge >= 0.3 is 5.97 Å². The number of H-pyrrole nitrogens is 1. The quantitative estimate of drug-likeness (QED) is 0.836. The fraction of sp³-hybridized carbons (Fsp3) is 0.333. The van der Waals surface area contributed by atoms with Crippen molar-refractivity contribution in [2.24, 2.45) is 0 Å². The Hall–Kier alpha value is -2.04. The Balaban J connectivity index is 2.53. The first kappa shape index (κ1) is 11.4. The second-order valence-electron chi connectivity index (χ2n) is 4.77. The maximum Gasteiger partial charge on any atom is 0.352 e. The van der Waals surface area contributed by atoms with Crippen LogP contribution in [-0.4, -0.2) is 26.6 Å². The van der Waals surface area contributed by atoms with Gasteiger partial charge in [0.15, 0.2) is 0 Å². The zero-order valence-corrected chi connectivity index (χ0v) is 9.94. The predicted molar refractivity (Wildman–Crippen MR) is 63.4 cm³/mol. The lowest BCUT2D eigenvalue weighted by atomic mass is 10.2. The molecule has 2 aromatic rings. The van der Waals surface area contributed by atoms with E-state index in [2.05, 4.69) is 9.97 Å². The maximum absolute atomic E-state index is 10.9. The third-order valence-corrected chi connectivity index (χ3v) is 2.13. The Morgan fingerprint density at radius 3 is 2.76 bits per heavy atom. The molecule has 0 aliphatic heterocycles. The standard InChI is InChI=1S/C12H14N2O3/c1-12(2,3)17-9-4-5-13-7-6-8(11(15)16)14-10(7)9/h4-6,14H,1-3H3,(H,15,16). The van der Waals surface area contributed by atoms with Crippen molar-refractivity contribution in [3.05, 3.63) is 24.0 Å². The van der Waals surface area contributed by atoms with Crippen LogP contribution in [0.1, 0.15) is 31.3 Å². The molecular weight excluding hydrogens is 220 g/mol. The molecule has 0 atom stereocenters. The molecule has 0 amide bonds. The van der Waals surface area contributed by atoms with Gasteiger partial charge in [0.1, 0.15) is 22.6 Å². The Bertz CT molecular complexity index is 567. The highest BCUT2D eigenvalue weighted by molar-refractivity contribution is 5.94. The molecule has 0 fully saturated rings. The molecule has 5 nitrogen and oxygen atoms in total. The van der Waals surface area contributed by atoms with E-state index in [4.69, 9.17) is 9.84 Å². The first-order valence-electron chi connectivity index (χ1n) is 5.27. The van der Waals surface area contributed by atoms with Crippen LogP contribution < -0.4 is 4.74 Å². The van der Waals surface area contributed by atoms with Crippen LogP contribution in [0.4, 0.5) is 0 Å². The highest BCUT2D eigenvalue weighted by Crippen LogP contribution is 2.26. The van der Waals surface area contributed by atoms with Gasteiger partial charge in [0.2, 0.25) is 0 Å². The number of nitrogens with one attached hydrogen (secondary N) is 1. The number of carbonyl (C=O) groups is 1. The minimum atomic E-state index is -1.01. The van der Waals surface area contributed by atoms with Gasteiger partial charge in [-0.05, 0) is 26.8 Å². The third kappa shape index (κ3) is 2.38. The van der Waals surface area contributed by atoms with Crippen molar-refractivity contribution < 1.29 is 14.6 Å². The fourth-order valence-electron chi connectivity index (χ4n) is 1.53. The average molecular weight is 234 g/mol. The summed E-state index contributed by atoms with van der Waals surface area (Å²) in [5, 5.41) is 8.91. The molecule has 0 unspecified atom stereocenters. The van der Waals surface area contributed by atoms with Crippen LogP contribution in [0, 0.1) is 0 Å². The SMILES string of the molecule is CC(C)(C)Oc1ccnc2cc(C(=O)O)[nH]c12. The molecule has 90 valence electrons. The first-order chi connectivity index (χ1) is 7.87. The summed E-state index contributed by atoms with van der Waals surface area (Å²) in [7, 11) is 0. The van der Waals surface area contributed by atoms with Crippen LogP contribution in [0.25, 0.3) is 11.0 Å². The van der Waals surface area contributed by atoms with Crippen LogP contribution in [0.15, 0.2) is 18.3 Å². The molecular formula is C12H14N2O3. The van der Waals surface area contributed by atoms with E-state index in [1.54, 1.807) is 12.3 Å². The topological polar surface area (TPSA) is 75.2 Å². The summed E-state index contributed by atoms with van der Waals surface area (Å²) in [6, 6.07) is 3.21. The van der Waals surface area contributed by atoms with E-state index in [9.17, 15) is 4.79 Å². The number of aromatic nitrogens is 2. The molecule has 0 saturated carbocycles. The summed E-state index contributed by atoms with van der Waals surface area (Å²) in [6.07, 6.45) is 1.60. The first-order valence-corrected chi connectivity index (χ1v) is 5.27. The summed E-state index contributed by atoms with van der Waals surface area (Å²) in [4.78, 5) is 17.8. The maximum atomic E-state index is 10.9. The minimum absolute atomic E-state index is 0.109. The normalized spacial score (nSPS) is 11.7. The molecule has 0 aliphatic rings. The summed E-state index contributed by atoms with van der Waals surface area (Å²) in [5.41, 5.74) is 0.962. The summed E-state index contributed by atoms with van der Waals surface area (Å²) in [6.45, 7) is 5.79. The van der Waals surface area contributed by atoms with Gasteiger partial charge < -0.3 is 14.8 Å². The van der Waals surface area contributed by atoms with E-state index < -0.39 is 5.97 Å². The van der Waals surface area contributed by atoms with Gasteiger partial charge in [-0.2, -0.15) is 0 Å². The van der Waals surface area contributed by atoms with E-state index in [-0.39, 0.29) is 11.3 Å². The lowest BCUT2D eigenvalue weighted by Crippen LogP contribution is -2.23. The number of nitrogens with zero attached hydrogens (tertiary/aromatic N) is 1. The number of hydrogen-bond acceptors (Lipinski definition) is 3. The second kappa shape index (κ2) is 3.76. The second-order valence-corrected chi connectivity index (χ2v) is 4.77. The number of carboxylic acid groups (broad SMARTS) is 1. The summed E-state index contributed by atoms with van der Waals surface area (Å²) < 4.78 is 5.74. The van der Waals surface area contributed by atoms with Crippen LogP contribution in [-0.2, 0) is 0 Å². The number of ether oxygens (including phenoxy) is 1. The largest absolute Gasteiger partial charge is 0.486 e. The van der Waals surface area contributed by atoms with E-state index in [1.807, 2.05) is 20.8 Å². The monoisotopic (exact) mass is 234 g/mol. The van der Waals surface area contributed by atoms with Crippen LogP contribution >= 0.6 is 0 Å². The lowest BCUT2D eigenvalue weighted by Gasteiger charge is -2.21. The average Bonchev–Trinajstić information content (AvgIpc) is 2.60. The van der Waals surface area contributed by atoms with Gasteiger partial charge in [0.05, 0.1) is 5.52 Å². The molecule has 2 rings (SSSR count). The molecule has 0 saturated heterocycles. The van der Waals surface area contributed by atoms with Crippen molar-refractivity contribution in [1.82, 2.24) is 9.97 Å². The highest BCUT2D eigenvalue weighted by atomic mass is 16.5. The lowest BCUT2D eigenvalue weighted by molar-refractivity contribution is 0.0691. The highest BCUT2D eigenvalue weighted by Gasteiger charge is 2.16.